The minimum Gasteiger partial charge on any atom is -0.298 e. The SMILES string of the molecule is CC1=C(Cl)N(C)N(C)C1C. The predicted molar refractivity (Wildman–Crippen MR) is 43.5 cm³/mol. The van der Waals surface area contributed by atoms with Crippen molar-refractivity contribution in [1.82, 2.24) is 10.0 Å². The molecule has 1 atom stereocenters. The average Bonchev–Trinajstić information content (AvgIpc) is 2.07. The van der Waals surface area contributed by atoms with Crippen LogP contribution in [0.5, 0.6) is 0 Å². The number of hydrogen-bond donors (Lipinski definition) is 0. The summed E-state index contributed by atoms with van der Waals surface area (Å²) in [7, 11) is 4.00. The van der Waals surface area contributed by atoms with Crippen LogP contribution in [-0.4, -0.2) is 30.2 Å². The third-order valence-corrected chi connectivity index (χ3v) is 2.81. The maximum Gasteiger partial charge on any atom is 0.119 e. The summed E-state index contributed by atoms with van der Waals surface area (Å²) in [5, 5.41) is 4.93. The van der Waals surface area contributed by atoms with Crippen molar-refractivity contribution < 1.29 is 0 Å². The van der Waals surface area contributed by atoms with E-state index >= 15 is 0 Å². The van der Waals surface area contributed by atoms with Gasteiger partial charge >= 0.3 is 0 Å². The molecule has 1 aliphatic heterocycles. The van der Waals surface area contributed by atoms with Gasteiger partial charge in [-0.05, 0) is 19.4 Å². The number of rotatable bonds is 0. The molecule has 2 nitrogen and oxygen atoms in total. The van der Waals surface area contributed by atoms with Gasteiger partial charge in [-0.15, -0.1) is 0 Å². The first kappa shape index (κ1) is 7.89. The molecule has 10 heavy (non-hydrogen) atoms. The molecule has 0 spiro atoms. The third-order valence-electron chi connectivity index (χ3n) is 2.27. The van der Waals surface area contributed by atoms with Crippen LogP contribution < -0.4 is 0 Å². The second kappa shape index (κ2) is 2.44. The lowest BCUT2D eigenvalue weighted by Crippen LogP contribution is -2.34. The molecule has 1 unspecified atom stereocenters. The largest absolute Gasteiger partial charge is 0.298 e. The Morgan fingerprint density at radius 2 is 1.90 bits per heavy atom. The topological polar surface area (TPSA) is 6.48 Å². The van der Waals surface area contributed by atoms with Crippen molar-refractivity contribution >= 4 is 11.6 Å². The molecule has 1 heterocycles. The molecule has 58 valence electrons. The number of likely N-dealkylation sites (N-methyl/N-ethyl adjacent to an activating group) is 1. The van der Waals surface area contributed by atoms with Crippen LogP contribution in [0.15, 0.2) is 10.7 Å². The molecule has 0 aliphatic carbocycles. The fourth-order valence-electron chi connectivity index (χ4n) is 1.11. The van der Waals surface area contributed by atoms with Crippen LogP contribution in [0, 0.1) is 0 Å². The number of hydrogen-bond acceptors (Lipinski definition) is 2. The molecular weight excluding hydrogens is 148 g/mol. The van der Waals surface area contributed by atoms with Crippen LogP contribution in [0.3, 0.4) is 0 Å². The van der Waals surface area contributed by atoms with Gasteiger partial charge in [0.1, 0.15) is 5.16 Å². The van der Waals surface area contributed by atoms with E-state index in [0.29, 0.717) is 6.04 Å². The molecule has 0 saturated carbocycles. The van der Waals surface area contributed by atoms with Gasteiger partial charge in [0.25, 0.3) is 0 Å². The highest BCUT2D eigenvalue weighted by molar-refractivity contribution is 6.29. The Bertz CT molecular complexity index is 158. The van der Waals surface area contributed by atoms with Gasteiger partial charge in [-0.3, -0.25) is 5.01 Å². The Morgan fingerprint density at radius 3 is 2.00 bits per heavy atom. The molecule has 3 heteroatoms. The molecular formula is C7H13ClN2. The molecule has 0 aromatic carbocycles. The lowest BCUT2D eigenvalue weighted by molar-refractivity contribution is 0.0749. The third kappa shape index (κ3) is 0.917. The smallest absolute Gasteiger partial charge is 0.119 e. The Kier molecular flexibility index (Phi) is 1.92. The summed E-state index contributed by atoms with van der Waals surface area (Å²) in [4.78, 5) is 0. The van der Waals surface area contributed by atoms with E-state index in [1.165, 1.54) is 5.57 Å². The van der Waals surface area contributed by atoms with E-state index in [4.69, 9.17) is 11.6 Å². The lowest BCUT2D eigenvalue weighted by atomic mass is 10.2. The summed E-state index contributed by atoms with van der Waals surface area (Å²) in [6.07, 6.45) is 0. The highest BCUT2D eigenvalue weighted by Gasteiger charge is 2.26. The Labute approximate surface area is 67.0 Å². The summed E-state index contributed by atoms with van der Waals surface area (Å²) < 4.78 is 0. The molecule has 0 N–H and O–H groups in total. The Hall–Kier alpha value is -0.210. The maximum atomic E-state index is 5.97. The summed E-state index contributed by atoms with van der Waals surface area (Å²) in [6, 6.07) is 0.442. The predicted octanol–water partition coefficient (Wildman–Crippen LogP) is 1.64. The van der Waals surface area contributed by atoms with Gasteiger partial charge in [-0.1, -0.05) is 11.6 Å². The molecule has 0 aromatic heterocycles. The van der Waals surface area contributed by atoms with E-state index in [2.05, 4.69) is 18.9 Å². The van der Waals surface area contributed by atoms with Crippen molar-refractivity contribution in [3.05, 3.63) is 10.7 Å². The minimum absolute atomic E-state index is 0.442. The van der Waals surface area contributed by atoms with Gasteiger partial charge in [-0.2, -0.15) is 0 Å². The molecule has 0 radical (unpaired) electrons. The van der Waals surface area contributed by atoms with E-state index in [1.54, 1.807) is 0 Å². The second-order valence-corrected chi connectivity index (χ2v) is 3.11. The van der Waals surface area contributed by atoms with Gasteiger partial charge in [0.05, 0.1) is 6.04 Å². The highest BCUT2D eigenvalue weighted by atomic mass is 35.5. The summed E-state index contributed by atoms with van der Waals surface area (Å²) in [5.74, 6) is 0. The van der Waals surface area contributed by atoms with Crippen molar-refractivity contribution in [2.75, 3.05) is 14.1 Å². The van der Waals surface area contributed by atoms with Gasteiger partial charge in [-0.25, -0.2) is 5.01 Å². The quantitative estimate of drug-likeness (QED) is 0.497. The first-order chi connectivity index (χ1) is 4.55. The van der Waals surface area contributed by atoms with Crippen LogP contribution in [0.1, 0.15) is 13.8 Å². The molecule has 0 amide bonds. The van der Waals surface area contributed by atoms with Crippen molar-refractivity contribution in [2.45, 2.75) is 19.9 Å². The Balaban J connectivity index is 2.88. The van der Waals surface area contributed by atoms with E-state index in [9.17, 15) is 0 Å². The molecule has 0 fully saturated rings. The van der Waals surface area contributed by atoms with Crippen molar-refractivity contribution in [3.8, 4) is 0 Å². The molecule has 0 saturated heterocycles. The van der Waals surface area contributed by atoms with Gasteiger partial charge < -0.3 is 0 Å². The molecule has 0 bridgehead atoms. The Morgan fingerprint density at radius 1 is 1.40 bits per heavy atom. The molecule has 1 rings (SSSR count). The van der Waals surface area contributed by atoms with Crippen molar-refractivity contribution in [3.63, 3.8) is 0 Å². The zero-order chi connectivity index (χ0) is 7.89. The zero-order valence-electron chi connectivity index (χ0n) is 6.85. The number of nitrogens with zero attached hydrogens (tertiary/aromatic N) is 2. The minimum atomic E-state index is 0.442. The normalized spacial score (nSPS) is 28.5. The van der Waals surface area contributed by atoms with Crippen LogP contribution in [0.2, 0.25) is 0 Å². The summed E-state index contributed by atoms with van der Waals surface area (Å²) in [6.45, 7) is 4.20. The van der Waals surface area contributed by atoms with Crippen molar-refractivity contribution in [2.24, 2.45) is 0 Å². The van der Waals surface area contributed by atoms with Crippen molar-refractivity contribution in [1.29, 1.82) is 0 Å². The number of halogens is 1. The molecule has 0 aromatic rings. The van der Waals surface area contributed by atoms with Crippen LogP contribution >= 0.6 is 11.6 Å². The van der Waals surface area contributed by atoms with E-state index in [-0.39, 0.29) is 0 Å². The maximum absolute atomic E-state index is 5.97. The fourth-order valence-corrected chi connectivity index (χ4v) is 1.38. The zero-order valence-corrected chi connectivity index (χ0v) is 7.61. The standard InChI is InChI=1S/C7H13ClN2/c1-5-6(2)9(3)10(4)7(5)8/h6H,1-4H3. The number of hydrazine groups is 1. The lowest BCUT2D eigenvalue weighted by Gasteiger charge is -2.25. The highest BCUT2D eigenvalue weighted by Crippen LogP contribution is 2.27. The first-order valence-corrected chi connectivity index (χ1v) is 3.76. The van der Waals surface area contributed by atoms with E-state index < -0.39 is 0 Å². The monoisotopic (exact) mass is 160 g/mol. The van der Waals surface area contributed by atoms with E-state index in [1.807, 2.05) is 19.1 Å². The summed E-state index contributed by atoms with van der Waals surface area (Å²) in [5.41, 5.74) is 1.24. The average molecular weight is 161 g/mol. The molecule has 1 aliphatic rings. The van der Waals surface area contributed by atoms with Crippen LogP contribution in [0.4, 0.5) is 0 Å². The fraction of sp³-hybridized carbons (Fsp3) is 0.714. The first-order valence-electron chi connectivity index (χ1n) is 3.38. The summed E-state index contributed by atoms with van der Waals surface area (Å²) >= 11 is 5.97. The van der Waals surface area contributed by atoms with Gasteiger partial charge in [0.15, 0.2) is 0 Å². The van der Waals surface area contributed by atoms with Gasteiger partial charge in [0, 0.05) is 14.1 Å². The van der Waals surface area contributed by atoms with Crippen LogP contribution in [-0.2, 0) is 0 Å². The van der Waals surface area contributed by atoms with Gasteiger partial charge in [0.2, 0.25) is 0 Å². The second-order valence-electron chi connectivity index (χ2n) is 2.75. The van der Waals surface area contributed by atoms with Crippen LogP contribution in [0.25, 0.3) is 0 Å². The van der Waals surface area contributed by atoms with E-state index in [0.717, 1.165) is 5.16 Å².